The Balaban J connectivity index is 2.17. The van der Waals surface area contributed by atoms with Crippen molar-refractivity contribution >= 4 is 18.1 Å². The molecule has 0 aliphatic carbocycles. The average molecular weight is 341 g/mol. The topological polar surface area (TPSA) is 90.4 Å². The van der Waals surface area contributed by atoms with Crippen molar-refractivity contribution in [3.63, 3.8) is 0 Å². The van der Waals surface area contributed by atoms with Gasteiger partial charge in [0.1, 0.15) is 0 Å². The second-order valence-electron chi connectivity index (χ2n) is 7.18. The number of carboxylic acid groups (broad SMARTS) is 1. The maximum Gasteiger partial charge on any atom is 0.407 e. The molecule has 1 atom stereocenters. The number of amides is 3. The first-order valence-electron chi connectivity index (χ1n) is 8.38. The average Bonchev–Trinajstić information content (AvgIpc) is 2.79. The smallest absolute Gasteiger partial charge is 0.407 e. The fourth-order valence-electron chi connectivity index (χ4n) is 3.57. The summed E-state index contributed by atoms with van der Waals surface area (Å²) in [4.78, 5) is 41.0. The zero-order valence-electron chi connectivity index (χ0n) is 14.9. The molecule has 2 aliphatic heterocycles. The minimum Gasteiger partial charge on any atom is -0.466 e. The van der Waals surface area contributed by atoms with Crippen LogP contribution in [-0.2, 0) is 9.53 Å². The Morgan fingerprint density at radius 2 is 1.92 bits per heavy atom. The Hall–Kier alpha value is -1.99. The molecule has 0 aromatic rings. The van der Waals surface area contributed by atoms with E-state index in [1.165, 1.54) is 4.90 Å². The first-order chi connectivity index (χ1) is 11.2. The van der Waals surface area contributed by atoms with Crippen molar-refractivity contribution in [2.75, 3.05) is 39.3 Å². The molecule has 1 unspecified atom stereocenters. The fourth-order valence-corrected chi connectivity index (χ4v) is 3.57. The molecule has 2 fully saturated rings. The lowest BCUT2D eigenvalue weighted by Gasteiger charge is -2.44. The molecule has 2 aliphatic rings. The lowest BCUT2D eigenvalue weighted by Crippen LogP contribution is -2.61. The molecule has 136 valence electrons. The quantitative estimate of drug-likeness (QED) is 0.765. The van der Waals surface area contributed by atoms with E-state index in [2.05, 4.69) is 0 Å². The molecule has 8 nitrogen and oxygen atoms in total. The van der Waals surface area contributed by atoms with Crippen LogP contribution in [0.15, 0.2) is 0 Å². The van der Waals surface area contributed by atoms with Crippen molar-refractivity contribution in [2.45, 2.75) is 39.7 Å². The van der Waals surface area contributed by atoms with Crippen LogP contribution in [0.25, 0.3) is 0 Å². The van der Waals surface area contributed by atoms with Gasteiger partial charge in [-0.1, -0.05) is 6.92 Å². The monoisotopic (exact) mass is 341 g/mol. The van der Waals surface area contributed by atoms with Gasteiger partial charge in [0.15, 0.2) is 0 Å². The van der Waals surface area contributed by atoms with Crippen molar-refractivity contribution < 1.29 is 24.2 Å². The lowest BCUT2D eigenvalue weighted by atomic mass is 9.90. The highest BCUT2D eigenvalue weighted by Gasteiger charge is 2.53. The summed E-state index contributed by atoms with van der Waals surface area (Å²) in [7, 11) is 0. The highest BCUT2D eigenvalue weighted by Crippen LogP contribution is 2.35. The van der Waals surface area contributed by atoms with Crippen molar-refractivity contribution in [3.8, 4) is 0 Å². The summed E-state index contributed by atoms with van der Waals surface area (Å²) in [5.41, 5.74) is -1.32. The number of hydrogen-bond donors (Lipinski definition) is 1. The highest BCUT2D eigenvalue weighted by atomic mass is 16.5. The Labute approximate surface area is 142 Å². The van der Waals surface area contributed by atoms with Crippen LogP contribution in [0.4, 0.5) is 9.59 Å². The number of esters is 1. The summed E-state index contributed by atoms with van der Waals surface area (Å²) in [5.74, 6) is -0.333. The van der Waals surface area contributed by atoms with Gasteiger partial charge in [0.05, 0.1) is 17.6 Å². The highest BCUT2D eigenvalue weighted by molar-refractivity contribution is 5.81. The van der Waals surface area contributed by atoms with E-state index in [0.717, 1.165) is 0 Å². The van der Waals surface area contributed by atoms with Gasteiger partial charge in [0.25, 0.3) is 0 Å². The number of fused-ring (bicyclic) bond motifs is 1. The number of rotatable bonds is 5. The largest absolute Gasteiger partial charge is 0.466 e. The molecule has 8 heteroatoms. The number of urea groups is 1. The summed E-state index contributed by atoms with van der Waals surface area (Å²) in [6.07, 6.45) is -0.293. The first-order valence-corrected chi connectivity index (χ1v) is 8.38. The van der Waals surface area contributed by atoms with Crippen LogP contribution in [0.5, 0.6) is 0 Å². The van der Waals surface area contributed by atoms with Crippen LogP contribution in [0.2, 0.25) is 0 Å². The third-order valence-electron chi connectivity index (χ3n) is 4.98. The van der Waals surface area contributed by atoms with Crippen LogP contribution in [-0.4, -0.2) is 82.8 Å². The molecule has 0 bridgehead atoms. The molecular weight excluding hydrogens is 314 g/mol. The van der Waals surface area contributed by atoms with Crippen LogP contribution < -0.4 is 0 Å². The van der Waals surface area contributed by atoms with E-state index in [4.69, 9.17) is 4.74 Å². The molecule has 0 radical (unpaired) electrons. The van der Waals surface area contributed by atoms with E-state index in [1.54, 1.807) is 30.6 Å². The van der Waals surface area contributed by atoms with Crippen molar-refractivity contribution in [3.05, 3.63) is 0 Å². The predicted octanol–water partition coefficient (Wildman–Crippen LogP) is 1.46. The molecule has 1 N–H and O–H groups in total. The summed E-state index contributed by atoms with van der Waals surface area (Å²) in [5, 5.41) is 9.27. The van der Waals surface area contributed by atoms with Crippen LogP contribution in [0.3, 0.4) is 0 Å². The zero-order valence-corrected chi connectivity index (χ0v) is 14.9. The molecule has 2 heterocycles. The van der Waals surface area contributed by atoms with Gasteiger partial charge in [0, 0.05) is 32.7 Å². The standard InChI is InChI=1S/C16H27N3O5/c1-5-16-10-17(14(22)23)7-8-19(16)13(21)18(11-16)9-15(3,4)12(20)24-6-2/h5-11H2,1-4H3,(H,22,23). The van der Waals surface area contributed by atoms with E-state index in [1.807, 2.05) is 6.92 Å². The second kappa shape index (κ2) is 6.49. The van der Waals surface area contributed by atoms with Gasteiger partial charge in [-0.2, -0.15) is 0 Å². The predicted molar refractivity (Wildman–Crippen MR) is 86.7 cm³/mol. The van der Waals surface area contributed by atoms with Crippen LogP contribution in [0.1, 0.15) is 34.1 Å². The van der Waals surface area contributed by atoms with Gasteiger partial charge in [-0.25, -0.2) is 9.59 Å². The number of ether oxygens (including phenoxy) is 1. The van der Waals surface area contributed by atoms with E-state index in [-0.39, 0.29) is 18.5 Å². The van der Waals surface area contributed by atoms with E-state index >= 15 is 0 Å². The van der Waals surface area contributed by atoms with Crippen LogP contribution >= 0.6 is 0 Å². The molecule has 0 spiro atoms. The third-order valence-corrected chi connectivity index (χ3v) is 4.98. The molecule has 3 amide bonds. The number of nitrogens with zero attached hydrogens (tertiary/aromatic N) is 3. The zero-order chi connectivity index (χ0) is 18.1. The van der Waals surface area contributed by atoms with Gasteiger partial charge in [-0.05, 0) is 27.2 Å². The molecular formula is C16H27N3O5. The van der Waals surface area contributed by atoms with Gasteiger partial charge in [0.2, 0.25) is 0 Å². The Bertz CT molecular complexity index is 536. The van der Waals surface area contributed by atoms with E-state index in [9.17, 15) is 19.5 Å². The molecule has 0 aromatic carbocycles. The number of hydrogen-bond acceptors (Lipinski definition) is 4. The van der Waals surface area contributed by atoms with Crippen LogP contribution in [0, 0.1) is 5.41 Å². The second-order valence-corrected chi connectivity index (χ2v) is 7.18. The molecule has 0 saturated carbocycles. The van der Waals surface area contributed by atoms with Gasteiger partial charge in [-0.15, -0.1) is 0 Å². The molecule has 24 heavy (non-hydrogen) atoms. The Morgan fingerprint density at radius 3 is 2.46 bits per heavy atom. The SMILES string of the molecule is CCOC(=O)C(C)(C)CN1CC2(CC)CN(C(=O)O)CCN2C1=O. The molecule has 2 saturated heterocycles. The number of carbonyl (C=O) groups excluding carboxylic acids is 2. The summed E-state index contributed by atoms with van der Waals surface area (Å²) in [6.45, 7) is 9.23. The van der Waals surface area contributed by atoms with Gasteiger partial charge < -0.3 is 24.5 Å². The Kier molecular flexibility index (Phi) is 4.96. The van der Waals surface area contributed by atoms with Crippen molar-refractivity contribution in [1.82, 2.24) is 14.7 Å². The molecule has 2 rings (SSSR count). The summed E-state index contributed by atoms with van der Waals surface area (Å²) in [6, 6.07) is -0.126. The maximum absolute atomic E-state index is 12.8. The van der Waals surface area contributed by atoms with E-state index < -0.39 is 17.0 Å². The van der Waals surface area contributed by atoms with Crippen molar-refractivity contribution in [1.29, 1.82) is 0 Å². The first kappa shape index (κ1) is 18.4. The normalized spacial score (nSPS) is 24.2. The number of piperazine rings is 1. The van der Waals surface area contributed by atoms with E-state index in [0.29, 0.717) is 39.2 Å². The minimum atomic E-state index is -0.958. The molecule has 0 aromatic heterocycles. The summed E-state index contributed by atoms with van der Waals surface area (Å²) >= 11 is 0. The van der Waals surface area contributed by atoms with Crippen molar-refractivity contribution in [2.24, 2.45) is 5.41 Å². The fraction of sp³-hybridized carbons (Fsp3) is 0.812. The minimum absolute atomic E-state index is 0.126. The maximum atomic E-state index is 12.8. The third kappa shape index (κ3) is 3.14. The number of carbonyl (C=O) groups is 3. The van der Waals surface area contributed by atoms with Gasteiger partial charge >= 0.3 is 18.1 Å². The van der Waals surface area contributed by atoms with Gasteiger partial charge in [-0.3, -0.25) is 4.79 Å². The Morgan fingerprint density at radius 1 is 1.25 bits per heavy atom. The lowest BCUT2D eigenvalue weighted by molar-refractivity contribution is -0.154. The summed E-state index contributed by atoms with van der Waals surface area (Å²) < 4.78 is 5.09.